The van der Waals surface area contributed by atoms with E-state index in [1.807, 2.05) is 12.1 Å². The number of nitrogens with zero attached hydrogens (tertiary/aromatic N) is 2. The van der Waals surface area contributed by atoms with Gasteiger partial charge >= 0.3 is 0 Å². The Labute approximate surface area is 161 Å². The summed E-state index contributed by atoms with van der Waals surface area (Å²) in [6.07, 6.45) is 4.04. The molecule has 2 amide bonds. The lowest BCUT2D eigenvalue weighted by molar-refractivity contribution is -0.120. The molecular formula is C19H22N4O3S. The van der Waals surface area contributed by atoms with Crippen LogP contribution in [-0.4, -0.2) is 36.5 Å². The van der Waals surface area contributed by atoms with Crippen molar-refractivity contribution in [2.24, 2.45) is 5.73 Å². The predicted molar refractivity (Wildman–Crippen MR) is 104 cm³/mol. The molecule has 0 saturated carbocycles. The van der Waals surface area contributed by atoms with Crippen LogP contribution in [-0.2, 0) is 9.59 Å². The highest BCUT2D eigenvalue weighted by Gasteiger charge is 2.31. The molecule has 27 heavy (non-hydrogen) atoms. The molecule has 1 aromatic heterocycles. The first-order valence-electron chi connectivity index (χ1n) is 9.17. The van der Waals surface area contributed by atoms with E-state index in [1.165, 1.54) is 19.3 Å². The zero-order chi connectivity index (χ0) is 18.8. The Hall–Kier alpha value is -2.61. The summed E-state index contributed by atoms with van der Waals surface area (Å²) in [7, 11) is 0. The monoisotopic (exact) mass is 386 g/mol. The van der Waals surface area contributed by atoms with Gasteiger partial charge in [-0.15, -0.1) is 0 Å². The lowest BCUT2D eigenvalue weighted by Gasteiger charge is -2.25. The molecule has 1 aromatic carbocycles. The fourth-order valence-electron chi connectivity index (χ4n) is 3.55. The van der Waals surface area contributed by atoms with Crippen molar-refractivity contribution in [2.75, 3.05) is 29.9 Å². The normalized spacial score (nSPS) is 19.3. The molecule has 0 aliphatic carbocycles. The van der Waals surface area contributed by atoms with Crippen molar-refractivity contribution in [3.8, 4) is 5.75 Å². The van der Waals surface area contributed by atoms with E-state index >= 15 is 0 Å². The Morgan fingerprint density at radius 1 is 1.26 bits per heavy atom. The minimum Gasteiger partial charge on any atom is -0.484 e. The van der Waals surface area contributed by atoms with E-state index in [9.17, 15) is 9.59 Å². The van der Waals surface area contributed by atoms with Gasteiger partial charge in [0.15, 0.2) is 11.7 Å². The molecule has 0 spiro atoms. The molecule has 3 N–H and O–H groups in total. The maximum atomic E-state index is 12.2. The zero-order valence-electron chi connectivity index (χ0n) is 14.9. The first-order chi connectivity index (χ1) is 13.1. The number of carbonyl (C=O) groups excluding carboxylic acids is 2. The van der Waals surface area contributed by atoms with Crippen molar-refractivity contribution in [1.29, 1.82) is 0 Å². The van der Waals surface area contributed by atoms with Crippen molar-refractivity contribution in [3.63, 3.8) is 0 Å². The number of aromatic nitrogens is 1. The van der Waals surface area contributed by atoms with Gasteiger partial charge in [-0.3, -0.25) is 9.59 Å². The van der Waals surface area contributed by atoms with Crippen LogP contribution in [0, 0.1) is 0 Å². The Morgan fingerprint density at radius 3 is 2.70 bits per heavy atom. The van der Waals surface area contributed by atoms with E-state index in [4.69, 9.17) is 15.5 Å². The first-order valence-corrected chi connectivity index (χ1v) is 9.98. The van der Waals surface area contributed by atoms with Crippen molar-refractivity contribution in [2.45, 2.75) is 31.6 Å². The Bertz CT molecular complexity index is 843. The largest absolute Gasteiger partial charge is 0.484 e. The highest BCUT2D eigenvalue weighted by molar-refractivity contribution is 7.16. The molecule has 8 heteroatoms. The number of hydrogen-bond donors (Lipinski definition) is 2. The van der Waals surface area contributed by atoms with Gasteiger partial charge in [0.05, 0.1) is 4.88 Å². The van der Waals surface area contributed by atoms with Gasteiger partial charge in [-0.2, -0.15) is 0 Å². The van der Waals surface area contributed by atoms with E-state index in [2.05, 4.69) is 10.2 Å². The zero-order valence-corrected chi connectivity index (χ0v) is 15.8. The third kappa shape index (κ3) is 3.90. The molecule has 2 aromatic rings. The highest BCUT2D eigenvalue weighted by Crippen LogP contribution is 2.43. The van der Waals surface area contributed by atoms with Gasteiger partial charge in [0.25, 0.3) is 5.91 Å². The van der Waals surface area contributed by atoms with E-state index in [0.29, 0.717) is 18.0 Å². The average Bonchev–Trinajstić information content (AvgIpc) is 3.11. The molecule has 1 atom stereocenters. The SMILES string of the molecule is NC(=O)COc1ccc([C@@H]2CC(=O)Nc3nc(N4CCCCC4)sc32)cc1. The number of nitrogens with one attached hydrogen (secondary N) is 1. The number of primary amides is 1. The molecule has 4 rings (SSSR count). The lowest BCUT2D eigenvalue weighted by atomic mass is 9.91. The van der Waals surface area contributed by atoms with Gasteiger partial charge in [-0.05, 0) is 37.0 Å². The van der Waals surface area contributed by atoms with Crippen molar-refractivity contribution < 1.29 is 14.3 Å². The summed E-state index contributed by atoms with van der Waals surface area (Å²) in [6, 6.07) is 7.47. The minimum atomic E-state index is -0.512. The standard InChI is InChI=1S/C19H22N4O3S/c20-15(24)11-26-13-6-4-12(5-7-13)14-10-16(25)21-18-17(14)27-19(22-18)23-8-2-1-3-9-23/h4-7,14H,1-3,8-11H2,(H2,20,24)(H,21,25)/t14-/m0/s1. The van der Waals surface area contributed by atoms with Crippen LogP contribution in [0.3, 0.4) is 0 Å². The Morgan fingerprint density at radius 2 is 2.00 bits per heavy atom. The number of amides is 2. The smallest absolute Gasteiger partial charge is 0.255 e. The number of nitrogens with two attached hydrogens (primary N) is 1. The van der Waals surface area contributed by atoms with Crippen LogP contribution >= 0.6 is 11.3 Å². The summed E-state index contributed by atoms with van der Waals surface area (Å²) in [5.41, 5.74) is 6.14. The number of thiazole rings is 1. The number of ether oxygens (including phenoxy) is 1. The van der Waals surface area contributed by atoms with Crippen LogP contribution in [0.15, 0.2) is 24.3 Å². The molecule has 142 valence electrons. The Kier molecular flexibility index (Phi) is 4.98. The number of fused-ring (bicyclic) bond motifs is 1. The second kappa shape index (κ2) is 7.56. The number of benzene rings is 1. The van der Waals surface area contributed by atoms with E-state index in [0.717, 1.165) is 28.7 Å². The molecular weight excluding hydrogens is 364 g/mol. The van der Waals surface area contributed by atoms with Gasteiger partial charge in [-0.1, -0.05) is 23.5 Å². The number of hydrogen-bond acceptors (Lipinski definition) is 6. The number of piperidine rings is 1. The summed E-state index contributed by atoms with van der Waals surface area (Å²) in [4.78, 5) is 31.2. The lowest BCUT2D eigenvalue weighted by Crippen LogP contribution is -2.29. The van der Waals surface area contributed by atoms with Gasteiger partial charge in [0.2, 0.25) is 5.91 Å². The highest BCUT2D eigenvalue weighted by atomic mass is 32.1. The van der Waals surface area contributed by atoms with Crippen molar-refractivity contribution in [1.82, 2.24) is 4.98 Å². The van der Waals surface area contributed by atoms with Gasteiger partial charge in [-0.25, -0.2) is 4.98 Å². The summed E-state index contributed by atoms with van der Waals surface area (Å²) < 4.78 is 5.31. The molecule has 0 bridgehead atoms. The summed E-state index contributed by atoms with van der Waals surface area (Å²) in [5.74, 6) is 0.724. The molecule has 2 aliphatic rings. The minimum absolute atomic E-state index is 0.0166. The van der Waals surface area contributed by atoms with Gasteiger partial charge in [0.1, 0.15) is 11.6 Å². The third-order valence-electron chi connectivity index (χ3n) is 4.90. The van der Waals surface area contributed by atoms with E-state index in [1.54, 1.807) is 23.5 Å². The van der Waals surface area contributed by atoms with Crippen LogP contribution in [0.2, 0.25) is 0 Å². The fourth-order valence-corrected chi connectivity index (χ4v) is 4.75. The molecule has 0 unspecified atom stereocenters. The molecule has 1 saturated heterocycles. The van der Waals surface area contributed by atoms with Crippen molar-refractivity contribution >= 4 is 34.1 Å². The third-order valence-corrected chi connectivity index (χ3v) is 6.13. The number of carbonyl (C=O) groups is 2. The first kappa shape index (κ1) is 17.8. The maximum absolute atomic E-state index is 12.2. The Balaban J connectivity index is 1.58. The fraction of sp³-hybridized carbons (Fsp3) is 0.421. The topological polar surface area (TPSA) is 97.6 Å². The van der Waals surface area contributed by atoms with Crippen LogP contribution in [0.25, 0.3) is 0 Å². The van der Waals surface area contributed by atoms with Crippen LogP contribution in [0.4, 0.5) is 10.9 Å². The summed E-state index contributed by atoms with van der Waals surface area (Å²) in [6.45, 7) is 1.90. The molecule has 0 radical (unpaired) electrons. The van der Waals surface area contributed by atoms with Crippen LogP contribution < -0.4 is 20.7 Å². The van der Waals surface area contributed by atoms with E-state index in [-0.39, 0.29) is 18.4 Å². The summed E-state index contributed by atoms with van der Waals surface area (Å²) in [5, 5.41) is 3.91. The van der Waals surface area contributed by atoms with Crippen LogP contribution in [0.1, 0.15) is 42.0 Å². The van der Waals surface area contributed by atoms with E-state index < -0.39 is 5.91 Å². The molecule has 7 nitrogen and oxygen atoms in total. The summed E-state index contributed by atoms with van der Waals surface area (Å²) >= 11 is 1.67. The quantitative estimate of drug-likeness (QED) is 0.823. The van der Waals surface area contributed by atoms with Gasteiger partial charge < -0.3 is 20.7 Å². The average molecular weight is 386 g/mol. The molecule has 2 aliphatic heterocycles. The number of rotatable bonds is 5. The van der Waals surface area contributed by atoms with Crippen LogP contribution in [0.5, 0.6) is 5.75 Å². The maximum Gasteiger partial charge on any atom is 0.255 e. The predicted octanol–water partition coefficient (Wildman–Crippen LogP) is 2.47. The van der Waals surface area contributed by atoms with Crippen molar-refractivity contribution in [3.05, 3.63) is 34.7 Å². The molecule has 1 fully saturated rings. The molecule has 3 heterocycles. The second-order valence-electron chi connectivity index (χ2n) is 6.89. The number of anilines is 2. The second-order valence-corrected chi connectivity index (χ2v) is 7.90. The van der Waals surface area contributed by atoms with Gasteiger partial charge in [0, 0.05) is 25.4 Å².